The molecule has 0 aliphatic heterocycles. The minimum Gasteiger partial charge on any atom is -0.481 e. The van der Waals surface area contributed by atoms with Crippen LogP contribution in [0.2, 0.25) is 0 Å². The maximum Gasteiger partial charge on any atom is 0.307 e. The van der Waals surface area contributed by atoms with Crippen LogP contribution in [0.15, 0.2) is 0 Å². The van der Waals surface area contributed by atoms with Gasteiger partial charge in [-0.25, -0.2) is 0 Å². The highest BCUT2D eigenvalue weighted by Crippen LogP contribution is 2.36. The summed E-state index contributed by atoms with van der Waals surface area (Å²) in [4.78, 5) is 23.2. The van der Waals surface area contributed by atoms with E-state index in [0.717, 1.165) is 12.2 Å². The smallest absolute Gasteiger partial charge is 0.307 e. The van der Waals surface area contributed by atoms with Gasteiger partial charge in [-0.1, -0.05) is 6.92 Å². The monoisotopic (exact) mass is 273 g/mol. The van der Waals surface area contributed by atoms with Crippen molar-refractivity contribution >= 4 is 23.6 Å². The maximum absolute atomic E-state index is 12.1. The van der Waals surface area contributed by atoms with E-state index in [1.165, 1.54) is 0 Å². The average Bonchev–Trinajstić information content (AvgIpc) is 2.69. The molecule has 0 spiro atoms. The molecule has 0 bridgehead atoms. The van der Waals surface area contributed by atoms with Gasteiger partial charge in [0.1, 0.15) is 0 Å². The van der Waals surface area contributed by atoms with Crippen LogP contribution in [0.4, 0.5) is 0 Å². The number of carboxylic acid groups (broad SMARTS) is 1. The van der Waals surface area contributed by atoms with Gasteiger partial charge in [-0.15, -0.1) is 0 Å². The summed E-state index contributed by atoms with van der Waals surface area (Å²) in [5, 5.41) is 12.1. The van der Waals surface area contributed by atoms with Crippen LogP contribution in [0.3, 0.4) is 0 Å². The van der Waals surface area contributed by atoms with Crippen molar-refractivity contribution < 1.29 is 14.7 Å². The number of carbonyl (C=O) groups excluding carboxylic acids is 1. The molecule has 1 amide bonds. The van der Waals surface area contributed by atoms with Crippen LogP contribution in [0.5, 0.6) is 0 Å². The molecular formula is C13H23NO3S. The number of amides is 1. The predicted octanol–water partition coefficient (Wildman–Crippen LogP) is 1.99. The minimum atomic E-state index is -0.837. The van der Waals surface area contributed by atoms with Crippen molar-refractivity contribution in [2.45, 2.75) is 39.2 Å². The topological polar surface area (TPSA) is 66.4 Å². The molecule has 0 aromatic rings. The quantitative estimate of drug-likeness (QED) is 0.776. The molecule has 0 radical (unpaired) electrons. The number of rotatable bonds is 6. The second-order valence-electron chi connectivity index (χ2n) is 5.32. The van der Waals surface area contributed by atoms with E-state index < -0.39 is 11.9 Å². The van der Waals surface area contributed by atoms with Gasteiger partial charge in [-0.2, -0.15) is 11.8 Å². The molecule has 1 fully saturated rings. The van der Waals surface area contributed by atoms with Gasteiger partial charge in [0, 0.05) is 6.04 Å². The summed E-state index contributed by atoms with van der Waals surface area (Å²) in [5.74, 6) is -0.452. The molecule has 18 heavy (non-hydrogen) atoms. The summed E-state index contributed by atoms with van der Waals surface area (Å²) < 4.78 is 0. The van der Waals surface area contributed by atoms with Gasteiger partial charge in [0.2, 0.25) is 5.91 Å². The van der Waals surface area contributed by atoms with Crippen molar-refractivity contribution in [1.82, 2.24) is 5.32 Å². The van der Waals surface area contributed by atoms with Gasteiger partial charge in [-0.05, 0) is 44.1 Å². The third-order valence-corrected chi connectivity index (χ3v) is 4.24. The lowest BCUT2D eigenvalue weighted by Gasteiger charge is -2.19. The highest BCUT2D eigenvalue weighted by Gasteiger charge is 2.41. The summed E-state index contributed by atoms with van der Waals surface area (Å²) in [6.45, 7) is 3.99. The van der Waals surface area contributed by atoms with E-state index in [9.17, 15) is 9.59 Å². The molecule has 4 atom stereocenters. The third-order valence-electron chi connectivity index (χ3n) is 3.60. The number of hydrogen-bond acceptors (Lipinski definition) is 3. The first-order valence-electron chi connectivity index (χ1n) is 6.47. The van der Waals surface area contributed by atoms with Crippen LogP contribution in [0.1, 0.15) is 33.1 Å². The number of carboxylic acids is 1. The Morgan fingerprint density at radius 1 is 1.39 bits per heavy atom. The lowest BCUT2D eigenvalue weighted by molar-refractivity contribution is -0.146. The molecule has 1 aliphatic rings. The minimum absolute atomic E-state index is 0.0830. The van der Waals surface area contributed by atoms with E-state index in [0.29, 0.717) is 18.8 Å². The number of aliphatic carboxylic acids is 1. The fraction of sp³-hybridized carbons (Fsp3) is 0.846. The second-order valence-corrected chi connectivity index (χ2v) is 6.30. The number of hydrogen-bond donors (Lipinski definition) is 2. The van der Waals surface area contributed by atoms with Gasteiger partial charge in [-0.3, -0.25) is 9.59 Å². The van der Waals surface area contributed by atoms with Crippen molar-refractivity contribution in [1.29, 1.82) is 0 Å². The Hall–Kier alpha value is -0.710. The van der Waals surface area contributed by atoms with Crippen molar-refractivity contribution in [2.75, 3.05) is 12.0 Å². The summed E-state index contributed by atoms with van der Waals surface area (Å²) in [7, 11) is 0. The molecule has 0 saturated heterocycles. The van der Waals surface area contributed by atoms with Crippen LogP contribution < -0.4 is 5.32 Å². The fourth-order valence-corrected chi connectivity index (χ4v) is 3.16. The van der Waals surface area contributed by atoms with E-state index in [-0.39, 0.29) is 17.9 Å². The van der Waals surface area contributed by atoms with Crippen molar-refractivity contribution in [2.24, 2.45) is 17.8 Å². The molecular weight excluding hydrogens is 250 g/mol. The SMILES string of the molecule is CSCCC(C)NC(=O)C1CC(C)CC1C(=O)O. The number of thioether (sulfide) groups is 1. The molecule has 0 heterocycles. The highest BCUT2D eigenvalue weighted by atomic mass is 32.2. The van der Waals surface area contributed by atoms with Crippen LogP contribution in [-0.2, 0) is 9.59 Å². The van der Waals surface area contributed by atoms with Crippen molar-refractivity contribution in [3.05, 3.63) is 0 Å². The molecule has 0 aromatic heterocycles. The van der Waals surface area contributed by atoms with Gasteiger partial charge in [0.25, 0.3) is 0 Å². The maximum atomic E-state index is 12.1. The zero-order chi connectivity index (χ0) is 13.7. The lowest BCUT2D eigenvalue weighted by Crippen LogP contribution is -2.40. The summed E-state index contributed by atoms with van der Waals surface area (Å²) in [5.41, 5.74) is 0. The summed E-state index contributed by atoms with van der Waals surface area (Å²) in [6.07, 6.45) is 4.27. The van der Waals surface area contributed by atoms with E-state index in [1.54, 1.807) is 11.8 Å². The molecule has 1 saturated carbocycles. The molecule has 104 valence electrons. The third kappa shape index (κ3) is 4.19. The standard InChI is InChI=1S/C13H23NO3S/c1-8-6-10(11(7-8)13(16)17)12(15)14-9(2)4-5-18-3/h8-11H,4-7H2,1-3H3,(H,14,15)(H,16,17). The highest BCUT2D eigenvalue weighted by molar-refractivity contribution is 7.98. The second kappa shape index (κ2) is 7.02. The first-order chi connectivity index (χ1) is 8.45. The molecule has 1 aliphatic carbocycles. The lowest BCUT2D eigenvalue weighted by atomic mass is 9.95. The Labute approximate surface area is 113 Å². The van der Waals surface area contributed by atoms with E-state index >= 15 is 0 Å². The van der Waals surface area contributed by atoms with Gasteiger partial charge in [0.15, 0.2) is 0 Å². The van der Waals surface area contributed by atoms with Crippen molar-refractivity contribution in [3.63, 3.8) is 0 Å². The molecule has 2 N–H and O–H groups in total. The first kappa shape index (κ1) is 15.3. The van der Waals surface area contributed by atoms with Gasteiger partial charge < -0.3 is 10.4 Å². The van der Waals surface area contributed by atoms with Gasteiger partial charge >= 0.3 is 5.97 Å². The van der Waals surface area contributed by atoms with Crippen molar-refractivity contribution in [3.8, 4) is 0 Å². The van der Waals surface area contributed by atoms with Crippen LogP contribution >= 0.6 is 11.8 Å². The zero-order valence-electron chi connectivity index (χ0n) is 11.3. The van der Waals surface area contributed by atoms with E-state index in [1.807, 2.05) is 20.1 Å². The summed E-state index contributed by atoms with van der Waals surface area (Å²) in [6, 6.07) is 0.121. The molecule has 4 nitrogen and oxygen atoms in total. The Morgan fingerprint density at radius 2 is 2.00 bits per heavy atom. The zero-order valence-corrected chi connectivity index (χ0v) is 12.1. The number of carbonyl (C=O) groups is 2. The summed E-state index contributed by atoms with van der Waals surface area (Å²) >= 11 is 1.75. The van der Waals surface area contributed by atoms with Gasteiger partial charge in [0.05, 0.1) is 11.8 Å². The van der Waals surface area contributed by atoms with E-state index in [2.05, 4.69) is 5.32 Å². The fourth-order valence-electron chi connectivity index (χ4n) is 2.57. The largest absolute Gasteiger partial charge is 0.481 e. The Bertz CT molecular complexity index is 309. The van der Waals surface area contributed by atoms with Crippen LogP contribution in [0, 0.1) is 17.8 Å². The molecule has 0 aromatic carbocycles. The number of nitrogens with one attached hydrogen (secondary N) is 1. The Kier molecular flexibility index (Phi) is 5.99. The van der Waals surface area contributed by atoms with Crippen LogP contribution in [0.25, 0.3) is 0 Å². The van der Waals surface area contributed by atoms with E-state index in [4.69, 9.17) is 5.11 Å². The Morgan fingerprint density at radius 3 is 2.56 bits per heavy atom. The first-order valence-corrected chi connectivity index (χ1v) is 7.87. The molecule has 5 heteroatoms. The molecule has 1 rings (SSSR count). The molecule has 4 unspecified atom stereocenters. The Balaban J connectivity index is 2.52. The normalized spacial score (nSPS) is 28.9. The van der Waals surface area contributed by atoms with Crippen LogP contribution in [-0.4, -0.2) is 35.0 Å². The average molecular weight is 273 g/mol. The predicted molar refractivity (Wildman–Crippen MR) is 73.6 cm³/mol.